The molecule has 5 nitrogen and oxygen atoms in total. The summed E-state index contributed by atoms with van der Waals surface area (Å²) in [5, 5.41) is 8.84. The lowest BCUT2D eigenvalue weighted by Crippen LogP contribution is -2.61. The second-order valence-electron chi connectivity index (χ2n) is 7.20. The van der Waals surface area contributed by atoms with E-state index in [1.807, 2.05) is 0 Å². The minimum absolute atomic E-state index is 0.0250. The smallest absolute Gasteiger partial charge is 0.279 e. The second-order valence-corrected chi connectivity index (χ2v) is 8.98. The van der Waals surface area contributed by atoms with Crippen LogP contribution in [0.5, 0.6) is 0 Å². The lowest BCUT2D eigenvalue weighted by Gasteiger charge is -2.56. The molecule has 4 rings (SSSR count). The molecule has 0 amide bonds. The summed E-state index contributed by atoms with van der Waals surface area (Å²) in [6.45, 7) is 0.398. The Labute approximate surface area is 121 Å². The van der Waals surface area contributed by atoms with Crippen LogP contribution in [0.3, 0.4) is 0 Å². The van der Waals surface area contributed by atoms with Crippen molar-refractivity contribution in [2.24, 2.45) is 17.8 Å². The van der Waals surface area contributed by atoms with E-state index in [-0.39, 0.29) is 12.1 Å². The largest absolute Gasteiger partial charge is 0.396 e. The van der Waals surface area contributed by atoms with Gasteiger partial charge in [-0.1, -0.05) is 0 Å². The molecule has 0 aromatic heterocycles. The van der Waals surface area contributed by atoms with Crippen molar-refractivity contribution in [2.75, 3.05) is 20.2 Å². The van der Waals surface area contributed by atoms with Crippen LogP contribution in [0.4, 0.5) is 0 Å². The molecule has 4 bridgehead atoms. The average Bonchev–Trinajstić information content (AvgIpc) is 2.32. The van der Waals surface area contributed by atoms with E-state index in [0.717, 1.165) is 37.0 Å². The summed E-state index contributed by atoms with van der Waals surface area (Å²) in [5.41, 5.74) is -0.180. The first-order valence-electron chi connectivity index (χ1n) is 7.78. The number of aliphatic hydroxyl groups excluding tert-OH is 1. The Hall–Kier alpha value is -0.170. The normalized spacial score (nSPS) is 39.6. The van der Waals surface area contributed by atoms with E-state index in [0.29, 0.717) is 13.0 Å². The van der Waals surface area contributed by atoms with Crippen molar-refractivity contribution >= 4 is 10.2 Å². The monoisotopic (exact) mass is 302 g/mol. The van der Waals surface area contributed by atoms with Crippen LogP contribution in [0.25, 0.3) is 0 Å². The number of hydrogen-bond donors (Lipinski definition) is 2. The molecule has 2 N–H and O–H groups in total. The van der Waals surface area contributed by atoms with E-state index in [1.54, 1.807) is 7.05 Å². The van der Waals surface area contributed by atoms with Gasteiger partial charge in [0.25, 0.3) is 10.2 Å². The summed E-state index contributed by atoms with van der Waals surface area (Å²) >= 11 is 0. The zero-order valence-electron chi connectivity index (χ0n) is 12.2. The molecule has 0 aromatic carbocycles. The van der Waals surface area contributed by atoms with Gasteiger partial charge < -0.3 is 5.11 Å². The molecule has 20 heavy (non-hydrogen) atoms. The third-order valence-electron chi connectivity index (χ3n) is 5.43. The van der Waals surface area contributed by atoms with Crippen molar-refractivity contribution in [3.05, 3.63) is 0 Å². The first-order chi connectivity index (χ1) is 9.42. The van der Waals surface area contributed by atoms with Gasteiger partial charge in [0.1, 0.15) is 0 Å². The van der Waals surface area contributed by atoms with E-state index in [9.17, 15) is 8.42 Å². The molecule has 0 spiro atoms. The Morgan fingerprint density at radius 2 is 1.65 bits per heavy atom. The third-order valence-corrected chi connectivity index (χ3v) is 7.12. The molecular formula is C14H26N2O3S. The van der Waals surface area contributed by atoms with Crippen molar-refractivity contribution < 1.29 is 13.5 Å². The highest BCUT2D eigenvalue weighted by Crippen LogP contribution is 2.55. The Morgan fingerprint density at radius 1 is 1.15 bits per heavy atom. The number of rotatable bonds is 6. The fourth-order valence-electron chi connectivity index (χ4n) is 5.00. The van der Waals surface area contributed by atoms with Gasteiger partial charge in [0.15, 0.2) is 0 Å². The quantitative estimate of drug-likeness (QED) is 0.772. The molecule has 0 aromatic rings. The Kier molecular flexibility index (Phi) is 3.86. The summed E-state index contributed by atoms with van der Waals surface area (Å²) in [5.74, 6) is 2.19. The standard InChI is InChI=1S/C14H26N2O3S/c1-16(3-2-4-17)20(18,19)15-14-8-11-5-12(9-14)7-13(6-11)10-14/h11-13,15,17H,2-10H2,1H3. The van der Waals surface area contributed by atoms with E-state index < -0.39 is 10.2 Å². The molecule has 4 saturated carbocycles. The van der Waals surface area contributed by atoms with Crippen LogP contribution in [0.1, 0.15) is 44.9 Å². The van der Waals surface area contributed by atoms with Crippen LogP contribution >= 0.6 is 0 Å². The number of nitrogens with zero attached hydrogens (tertiary/aromatic N) is 1. The highest BCUT2D eigenvalue weighted by molar-refractivity contribution is 7.87. The Bertz CT molecular complexity index is 428. The number of nitrogens with one attached hydrogen (secondary N) is 1. The minimum atomic E-state index is -3.42. The van der Waals surface area contributed by atoms with Crippen LogP contribution in [-0.2, 0) is 10.2 Å². The zero-order chi connectivity index (χ0) is 14.4. The van der Waals surface area contributed by atoms with Gasteiger partial charge in [0, 0.05) is 25.7 Å². The minimum Gasteiger partial charge on any atom is -0.396 e. The molecule has 0 heterocycles. The lowest BCUT2D eigenvalue weighted by atomic mass is 9.53. The molecule has 4 aliphatic carbocycles. The number of aliphatic hydroxyl groups is 1. The lowest BCUT2D eigenvalue weighted by molar-refractivity contribution is -0.00875. The fraction of sp³-hybridized carbons (Fsp3) is 1.00. The van der Waals surface area contributed by atoms with Gasteiger partial charge >= 0.3 is 0 Å². The zero-order valence-corrected chi connectivity index (χ0v) is 13.0. The SMILES string of the molecule is CN(CCCO)S(=O)(=O)NC12CC3CC(CC(C3)C1)C2. The third kappa shape index (κ3) is 2.75. The van der Waals surface area contributed by atoms with E-state index in [4.69, 9.17) is 5.11 Å². The van der Waals surface area contributed by atoms with Crippen LogP contribution in [0.2, 0.25) is 0 Å². The number of hydrogen-bond acceptors (Lipinski definition) is 3. The summed E-state index contributed by atoms with van der Waals surface area (Å²) in [7, 11) is -1.83. The van der Waals surface area contributed by atoms with Crippen molar-refractivity contribution in [3.8, 4) is 0 Å². The summed E-state index contributed by atoms with van der Waals surface area (Å²) < 4.78 is 29.3. The van der Waals surface area contributed by atoms with Crippen molar-refractivity contribution in [3.63, 3.8) is 0 Å². The average molecular weight is 302 g/mol. The van der Waals surface area contributed by atoms with Crippen molar-refractivity contribution in [1.82, 2.24) is 9.03 Å². The molecule has 0 unspecified atom stereocenters. The predicted octanol–water partition coefficient (Wildman–Crippen LogP) is 1.10. The van der Waals surface area contributed by atoms with Gasteiger partial charge in [-0.05, 0) is 62.7 Å². The molecule has 4 fully saturated rings. The fourth-order valence-corrected chi connectivity index (χ4v) is 6.32. The first kappa shape index (κ1) is 14.8. The van der Waals surface area contributed by atoms with Crippen LogP contribution in [-0.4, -0.2) is 43.6 Å². The van der Waals surface area contributed by atoms with Gasteiger partial charge in [-0.3, -0.25) is 0 Å². The van der Waals surface area contributed by atoms with Gasteiger partial charge in [-0.25, -0.2) is 0 Å². The summed E-state index contributed by atoms with van der Waals surface area (Å²) in [4.78, 5) is 0. The maximum absolute atomic E-state index is 12.5. The van der Waals surface area contributed by atoms with Crippen molar-refractivity contribution in [1.29, 1.82) is 0 Å². The molecule has 4 aliphatic rings. The van der Waals surface area contributed by atoms with Crippen LogP contribution in [0.15, 0.2) is 0 Å². The van der Waals surface area contributed by atoms with Gasteiger partial charge in [-0.15, -0.1) is 0 Å². The van der Waals surface area contributed by atoms with Gasteiger partial charge in [0.2, 0.25) is 0 Å². The molecule has 6 heteroatoms. The highest BCUT2D eigenvalue weighted by atomic mass is 32.2. The van der Waals surface area contributed by atoms with Gasteiger partial charge in [-0.2, -0.15) is 17.4 Å². The van der Waals surface area contributed by atoms with Crippen LogP contribution in [0, 0.1) is 17.8 Å². The van der Waals surface area contributed by atoms with Crippen molar-refractivity contribution in [2.45, 2.75) is 50.5 Å². The van der Waals surface area contributed by atoms with E-state index in [1.165, 1.54) is 23.6 Å². The topological polar surface area (TPSA) is 69.6 Å². The van der Waals surface area contributed by atoms with Gasteiger partial charge in [0.05, 0.1) is 0 Å². The first-order valence-corrected chi connectivity index (χ1v) is 9.22. The Morgan fingerprint density at radius 3 is 2.10 bits per heavy atom. The summed E-state index contributed by atoms with van der Waals surface area (Å²) in [6.07, 6.45) is 7.46. The Balaban J connectivity index is 1.70. The highest BCUT2D eigenvalue weighted by Gasteiger charge is 2.52. The summed E-state index contributed by atoms with van der Waals surface area (Å²) in [6, 6.07) is 0. The maximum atomic E-state index is 12.5. The second kappa shape index (κ2) is 5.23. The molecular weight excluding hydrogens is 276 g/mol. The van der Waals surface area contributed by atoms with E-state index in [2.05, 4.69) is 4.72 Å². The molecule has 116 valence electrons. The molecule has 0 radical (unpaired) electrons. The van der Waals surface area contributed by atoms with E-state index >= 15 is 0 Å². The molecule has 0 atom stereocenters. The maximum Gasteiger partial charge on any atom is 0.279 e. The molecule has 0 aliphatic heterocycles. The van der Waals surface area contributed by atoms with Crippen LogP contribution < -0.4 is 4.72 Å². The predicted molar refractivity (Wildman–Crippen MR) is 77.3 cm³/mol. The molecule has 0 saturated heterocycles.